The topological polar surface area (TPSA) is 143 Å². The molecule has 0 unspecified atom stereocenters. The number of thiophene rings is 1. The number of hydrogen-bond donors (Lipinski definition) is 2. The summed E-state index contributed by atoms with van der Waals surface area (Å²) in [6.07, 6.45) is 0. The van der Waals surface area contributed by atoms with Gasteiger partial charge in [-0.2, -0.15) is 8.78 Å². The largest absolute Gasteiger partial charge is 0.460 e. The molecule has 0 saturated carbocycles. The van der Waals surface area contributed by atoms with Crippen molar-refractivity contribution in [3.63, 3.8) is 0 Å². The molecule has 1 aromatic carbocycles. The van der Waals surface area contributed by atoms with E-state index in [1.807, 2.05) is 0 Å². The summed E-state index contributed by atoms with van der Waals surface area (Å²) in [5.41, 5.74) is 5.35. The molecular weight excluding hydrogens is 466 g/mol. The highest BCUT2D eigenvalue weighted by molar-refractivity contribution is 7.18. The van der Waals surface area contributed by atoms with Crippen LogP contribution in [0, 0.1) is 6.92 Å². The van der Waals surface area contributed by atoms with Crippen molar-refractivity contribution in [2.24, 2.45) is 5.73 Å². The Kier molecular flexibility index (Phi) is 9.24. The zero-order valence-electron chi connectivity index (χ0n) is 17.5. The van der Waals surface area contributed by atoms with Crippen molar-refractivity contribution in [3.8, 4) is 5.75 Å². The van der Waals surface area contributed by atoms with E-state index in [4.69, 9.17) is 19.9 Å². The molecule has 33 heavy (non-hydrogen) atoms. The van der Waals surface area contributed by atoms with Crippen molar-refractivity contribution in [2.75, 3.05) is 32.2 Å². The van der Waals surface area contributed by atoms with Crippen LogP contribution in [0.3, 0.4) is 0 Å². The summed E-state index contributed by atoms with van der Waals surface area (Å²) in [7, 11) is 1.42. The Hall–Kier alpha value is -3.58. The highest BCUT2D eigenvalue weighted by atomic mass is 32.1. The molecular formula is C20H20F2N2O8S. The Labute approximate surface area is 190 Å². The molecule has 0 fully saturated rings. The Morgan fingerprint density at radius 1 is 1.12 bits per heavy atom. The highest BCUT2D eigenvalue weighted by Crippen LogP contribution is 2.33. The molecule has 10 nitrogen and oxygen atoms in total. The molecule has 0 atom stereocenters. The molecule has 0 aliphatic rings. The number of carbonyl (C=O) groups excluding carboxylic acids is 4. The van der Waals surface area contributed by atoms with Gasteiger partial charge in [0.1, 0.15) is 17.4 Å². The zero-order valence-corrected chi connectivity index (χ0v) is 18.3. The van der Waals surface area contributed by atoms with E-state index >= 15 is 0 Å². The van der Waals surface area contributed by atoms with Gasteiger partial charge in [0.25, 0.3) is 11.8 Å². The van der Waals surface area contributed by atoms with E-state index < -0.39 is 37.0 Å². The van der Waals surface area contributed by atoms with Crippen LogP contribution in [0.4, 0.5) is 13.8 Å². The molecule has 0 spiro atoms. The molecule has 2 amide bonds. The number of alkyl halides is 2. The SMILES string of the molecule is COCCOC(=O)c1c(NC(=O)COC(=O)c2cccc(OC(F)F)c2)sc(C(N)=O)c1C. The Morgan fingerprint density at radius 3 is 2.48 bits per heavy atom. The first kappa shape index (κ1) is 25.7. The lowest BCUT2D eigenvalue weighted by atomic mass is 10.1. The molecule has 1 heterocycles. The number of anilines is 1. The van der Waals surface area contributed by atoms with Gasteiger partial charge in [-0.1, -0.05) is 6.07 Å². The lowest BCUT2D eigenvalue weighted by Gasteiger charge is -2.09. The van der Waals surface area contributed by atoms with Gasteiger partial charge in [0, 0.05) is 7.11 Å². The molecule has 0 saturated heterocycles. The second-order valence-electron chi connectivity index (χ2n) is 6.28. The smallest absolute Gasteiger partial charge is 0.387 e. The minimum Gasteiger partial charge on any atom is -0.460 e. The van der Waals surface area contributed by atoms with Gasteiger partial charge in [-0.15, -0.1) is 11.3 Å². The molecule has 178 valence electrons. The van der Waals surface area contributed by atoms with Gasteiger partial charge in [-0.25, -0.2) is 9.59 Å². The van der Waals surface area contributed by atoms with Crippen LogP contribution in [0.5, 0.6) is 5.75 Å². The third-order valence-corrected chi connectivity index (χ3v) is 5.20. The number of hydrogen-bond acceptors (Lipinski definition) is 9. The standard InChI is InChI=1S/C20H20F2N2O8S/c1-10-14(19(28)30-7-6-29-2)17(33-15(10)16(23)26)24-13(25)9-31-18(27)11-4-3-5-12(8-11)32-20(21)22/h3-5,8,20H,6-7,9H2,1-2H3,(H2,23,26)(H,24,25). The lowest BCUT2D eigenvalue weighted by molar-refractivity contribution is -0.119. The van der Waals surface area contributed by atoms with E-state index in [-0.39, 0.29) is 45.5 Å². The minimum absolute atomic E-state index is 0.0166. The van der Waals surface area contributed by atoms with E-state index in [9.17, 15) is 28.0 Å². The van der Waals surface area contributed by atoms with Crippen molar-refractivity contribution in [1.29, 1.82) is 0 Å². The maximum atomic E-state index is 12.4. The molecule has 13 heteroatoms. The van der Waals surface area contributed by atoms with Crippen molar-refractivity contribution in [3.05, 3.63) is 45.8 Å². The number of primary amides is 1. The fourth-order valence-corrected chi connectivity index (χ4v) is 3.61. The molecule has 1 aromatic heterocycles. The number of rotatable bonds is 11. The average Bonchev–Trinajstić information content (AvgIpc) is 3.07. The second kappa shape index (κ2) is 11.9. The first-order chi connectivity index (χ1) is 15.6. The van der Waals surface area contributed by atoms with Crippen molar-refractivity contribution in [1.82, 2.24) is 0 Å². The third-order valence-electron chi connectivity index (χ3n) is 3.98. The van der Waals surface area contributed by atoms with E-state index in [1.165, 1.54) is 32.2 Å². The van der Waals surface area contributed by atoms with Crippen LogP contribution in [0.2, 0.25) is 0 Å². The van der Waals surface area contributed by atoms with Crippen LogP contribution in [-0.4, -0.2) is 57.3 Å². The first-order valence-electron chi connectivity index (χ1n) is 9.25. The molecule has 0 aliphatic carbocycles. The van der Waals surface area contributed by atoms with Crippen molar-refractivity contribution < 1.29 is 46.9 Å². The van der Waals surface area contributed by atoms with Gasteiger partial charge < -0.3 is 30.0 Å². The number of amides is 2. The summed E-state index contributed by atoms with van der Waals surface area (Å²) in [4.78, 5) is 48.5. The minimum atomic E-state index is -3.07. The quantitative estimate of drug-likeness (QED) is 0.364. The number of methoxy groups -OCH3 is 1. The molecule has 2 rings (SSSR count). The van der Waals surface area contributed by atoms with E-state index in [0.717, 1.165) is 17.4 Å². The van der Waals surface area contributed by atoms with E-state index in [0.29, 0.717) is 0 Å². The fraction of sp³-hybridized carbons (Fsp3) is 0.300. The lowest BCUT2D eigenvalue weighted by Crippen LogP contribution is -2.22. The number of ether oxygens (including phenoxy) is 4. The maximum absolute atomic E-state index is 12.4. The predicted octanol–water partition coefficient (Wildman–Crippen LogP) is 2.36. The monoisotopic (exact) mass is 486 g/mol. The van der Waals surface area contributed by atoms with Crippen LogP contribution >= 0.6 is 11.3 Å². The summed E-state index contributed by atoms with van der Waals surface area (Å²) in [6, 6.07) is 4.84. The average molecular weight is 486 g/mol. The van der Waals surface area contributed by atoms with Crippen LogP contribution in [-0.2, 0) is 19.0 Å². The third kappa shape index (κ3) is 7.22. The summed E-state index contributed by atoms with van der Waals surface area (Å²) in [6.45, 7) is -2.29. The van der Waals surface area contributed by atoms with Gasteiger partial charge in [0.15, 0.2) is 6.61 Å². The van der Waals surface area contributed by atoms with Crippen molar-refractivity contribution >= 4 is 40.1 Å². The Balaban J connectivity index is 2.08. The van der Waals surface area contributed by atoms with Gasteiger partial charge in [0.05, 0.1) is 22.6 Å². The van der Waals surface area contributed by atoms with Crippen LogP contribution in [0.15, 0.2) is 24.3 Å². The van der Waals surface area contributed by atoms with Gasteiger partial charge >= 0.3 is 18.6 Å². The number of esters is 2. The number of nitrogens with one attached hydrogen (secondary N) is 1. The normalized spacial score (nSPS) is 10.6. The molecule has 0 bridgehead atoms. The summed E-state index contributed by atoms with van der Waals surface area (Å²) in [5, 5.41) is 2.36. The predicted molar refractivity (Wildman–Crippen MR) is 112 cm³/mol. The molecule has 0 radical (unpaired) electrons. The van der Waals surface area contributed by atoms with Crippen LogP contribution < -0.4 is 15.8 Å². The number of carbonyl (C=O) groups is 4. The fourth-order valence-electron chi connectivity index (χ4n) is 2.55. The summed E-state index contributed by atoms with van der Waals surface area (Å²) in [5.74, 6) is -3.66. The molecule has 0 aliphatic heterocycles. The molecule has 2 aromatic rings. The number of halogens is 2. The van der Waals surface area contributed by atoms with Gasteiger partial charge in [-0.05, 0) is 30.7 Å². The first-order valence-corrected chi connectivity index (χ1v) is 10.1. The zero-order chi connectivity index (χ0) is 24.5. The maximum Gasteiger partial charge on any atom is 0.387 e. The second-order valence-corrected chi connectivity index (χ2v) is 7.30. The summed E-state index contributed by atoms with van der Waals surface area (Å²) < 4.78 is 43.6. The van der Waals surface area contributed by atoms with E-state index in [2.05, 4.69) is 10.1 Å². The Morgan fingerprint density at radius 2 is 1.85 bits per heavy atom. The van der Waals surface area contributed by atoms with E-state index in [1.54, 1.807) is 0 Å². The molecule has 3 N–H and O–H groups in total. The summed E-state index contributed by atoms with van der Waals surface area (Å²) >= 11 is 0.762. The van der Waals surface area contributed by atoms with Gasteiger partial charge in [-0.3, -0.25) is 9.59 Å². The van der Waals surface area contributed by atoms with Gasteiger partial charge in [0.2, 0.25) is 0 Å². The number of nitrogens with two attached hydrogens (primary N) is 1. The number of benzene rings is 1. The van der Waals surface area contributed by atoms with Crippen LogP contribution in [0.25, 0.3) is 0 Å². The van der Waals surface area contributed by atoms with Crippen LogP contribution in [0.1, 0.15) is 36.0 Å². The Bertz CT molecular complexity index is 1040. The van der Waals surface area contributed by atoms with Crippen molar-refractivity contribution in [2.45, 2.75) is 13.5 Å². The highest BCUT2D eigenvalue weighted by Gasteiger charge is 2.26.